The van der Waals surface area contributed by atoms with Gasteiger partial charge in [-0.05, 0) is 43.7 Å². The van der Waals surface area contributed by atoms with Crippen LogP contribution >= 0.6 is 0 Å². The second-order valence-corrected chi connectivity index (χ2v) is 7.74. The molecule has 0 saturated heterocycles. The normalized spacial score (nSPS) is 12.1. The quantitative estimate of drug-likeness (QED) is 0.410. The monoisotopic (exact) mass is 401 g/mol. The Labute approximate surface area is 161 Å². The van der Waals surface area contributed by atoms with Gasteiger partial charge in [0.2, 0.25) is 16.0 Å². The van der Waals surface area contributed by atoms with E-state index < -0.39 is 10.0 Å². The van der Waals surface area contributed by atoms with Crippen LogP contribution in [0.4, 0.5) is 5.95 Å². The Morgan fingerprint density at radius 3 is 2.64 bits per heavy atom. The summed E-state index contributed by atoms with van der Waals surface area (Å²) < 4.78 is 32.3. The Balaban J connectivity index is 1.69. The molecule has 0 aliphatic heterocycles. The Kier molecular flexibility index (Phi) is 5.71. The maximum atomic E-state index is 12.3. The van der Waals surface area contributed by atoms with Crippen molar-refractivity contribution in [3.63, 3.8) is 0 Å². The van der Waals surface area contributed by atoms with Crippen LogP contribution < -0.4 is 15.7 Å². The van der Waals surface area contributed by atoms with E-state index in [1.165, 1.54) is 24.5 Å². The van der Waals surface area contributed by atoms with E-state index in [2.05, 4.69) is 25.2 Å². The van der Waals surface area contributed by atoms with Crippen molar-refractivity contribution in [2.75, 3.05) is 5.43 Å². The number of rotatable bonds is 7. The van der Waals surface area contributed by atoms with Gasteiger partial charge in [-0.15, -0.1) is 0 Å². The summed E-state index contributed by atoms with van der Waals surface area (Å²) in [5.41, 5.74) is 4.28. The predicted octanol–water partition coefficient (Wildman–Crippen LogP) is 1.99. The van der Waals surface area contributed by atoms with Gasteiger partial charge in [-0.3, -0.25) is 9.78 Å². The second-order valence-electron chi connectivity index (χ2n) is 5.97. The van der Waals surface area contributed by atoms with Crippen molar-refractivity contribution in [1.29, 1.82) is 0 Å². The highest BCUT2D eigenvalue weighted by Crippen LogP contribution is 2.12. The van der Waals surface area contributed by atoms with Crippen LogP contribution in [-0.4, -0.2) is 24.1 Å². The van der Waals surface area contributed by atoms with Gasteiger partial charge in [-0.25, -0.2) is 23.5 Å². The van der Waals surface area contributed by atoms with Gasteiger partial charge in [-0.2, -0.15) is 5.10 Å². The molecule has 3 rings (SSSR count). The molecule has 0 radical (unpaired) electrons. The first-order valence-electron chi connectivity index (χ1n) is 8.34. The average Bonchev–Trinajstić information content (AvgIpc) is 3.18. The third-order valence-electron chi connectivity index (χ3n) is 3.80. The first-order valence-corrected chi connectivity index (χ1v) is 9.82. The number of furan rings is 1. The van der Waals surface area contributed by atoms with E-state index in [1.807, 2.05) is 0 Å². The molecule has 0 bridgehead atoms. The Bertz CT molecular complexity index is 1130. The van der Waals surface area contributed by atoms with Gasteiger partial charge in [0.15, 0.2) is 0 Å². The van der Waals surface area contributed by atoms with E-state index in [0.717, 1.165) is 0 Å². The number of hydrogen-bond acceptors (Lipinski definition) is 7. The van der Waals surface area contributed by atoms with Crippen LogP contribution in [0.3, 0.4) is 0 Å². The van der Waals surface area contributed by atoms with Crippen LogP contribution in [0, 0.1) is 6.92 Å². The molecule has 0 unspecified atom stereocenters. The Morgan fingerprint density at radius 2 is 2.00 bits per heavy atom. The number of sulfonamides is 1. The summed E-state index contributed by atoms with van der Waals surface area (Å²) in [7, 11) is -3.66. The van der Waals surface area contributed by atoms with Crippen LogP contribution in [-0.2, 0) is 16.6 Å². The third-order valence-corrected chi connectivity index (χ3v) is 5.22. The van der Waals surface area contributed by atoms with Gasteiger partial charge in [0.05, 0.1) is 23.4 Å². The molecule has 0 fully saturated rings. The molecule has 3 aromatic rings. The van der Waals surface area contributed by atoms with Crippen molar-refractivity contribution in [3.8, 4) is 0 Å². The van der Waals surface area contributed by atoms with Gasteiger partial charge in [0, 0.05) is 11.8 Å². The van der Waals surface area contributed by atoms with Crippen LogP contribution in [0.15, 0.2) is 67.9 Å². The van der Waals surface area contributed by atoms with E-state index in [-0.39, 0.29) is 22.9 Å². The fourth-order valence-electron chi connectivity index (χ4n) is 2.37. The topological polar surface area (TPSA) is 129 Å². The minimum absolute atomic E-state index is 0.0726. The lowest BCUT2D eigenvalue weighted by molar-refractivity contribution is 0.498. The molecule has 0 spiro atoms. The Hall–Kier alpha value is -3.24. The first-order chi connectivity index (χ1) is 13.3. The van der Waals surface area contributed by atoms with Crippen molar-refractivity contribution in [2.45, 2.75) is 25.3 Å². The zero-order valence-corrected chi connectivity index (χ0v) is 16.1. The molecule has 146 valence electrons. The first kappa shape index (κ1) is 19.5. The van der Waals surface area contributed by atoms with Crippen LogP contribution in [0.25, 0.3) is 0 Å². The molecule has 10 heteroatoms. The summed E-state index contributed by atoms with van der Waals surface area (Å²) in [6.07, 6.45) is 1.48. The lowest BCUT2D eigenvalue weighted by Gasteiger charge is -2.07. The molecule has 28 heavy (non-hydrogen) atoms. The summed E-state index contributed by atoms with van der Waals surface area (Å²) in [4.78, 5) is 18.2. The fraction of sp³-hybridized carbons (Fsp3) is 0.167. The lowest BCUT2D eigenvalue weighted by Crippen LogP contribution is -2.23. The molecule has 0 aliphatic carbocycles. The van der Waals surface area contributed by atoms with Gasteiger partial charge < -0.3 is 4.42 Å². The van der Waals surface area contributed by atoms with Crippen molar-refractivity contribution in [3.05, 3.63) is 76.1 Å². The van der Waals surface area contributed by atoms with Crippen LogP contribution in [0.5, 0.6) is 0 Å². The van der Waals surface area contributed by atoms with Gasteiger partial charge in [-0.1, -0.05) is 12.1 Å². The molecule has 0 aliphatic rings. The largest absolute Gasteiger partial charge is 0.468 e. The minimum atomic E-state index is -3.66. The average molecular weight is 401 g/mol. The molecule has 2 aromatic heterocycles. The van der Waals surface area contributed by atoms with Gasteiger partial charge in [0.25, 0.3) is 5.56 Å². The number of nitrogens with one attached hydrogen (secondary N) is 3. The predicted molar refractivity (Wildman–Crippen MR) is 105 cm³/mol. The third kappa shape index (κ3) is 4.93. The molecule has 0 atom stereocenters. The number of nitrogens with zero attached hydrogens (tertiary/aromatic N) is 2. The number of anilines is 1. The molecular formula is C18H19N5O4S. The molecule has 9 nitrogen and oxygen atoms in total. The maximum Gasteiger partial charge on any atom is 0.252 e. The van der Waals surface area contributed by atoms with E-state index >= 15 is 0 Å². The number of hydrogen-bond donors (Lipinski definition) is 3. The number of H-pyrrole nitrogens is 1. The zero-order valence-electron chi connectivity index (χ0n) is 15.3. The summed E-state index contributed by atoms with van der Waals surface area (Å²) in [6.45, 7) is 3.53. The SMILES string of the molecule is C/C(=N/Nc1nc(C)cc(=O)[nH]1)c1ccc(S(=O)(=O)NCc2ccco2)cc1. The van der Waals surface area contributed by atoms with Crippen LogP contribution in [0.2, 0.25) is 0 Å². The lowest BCUT2D eigenvalue weighted by atomic mass is 10.1. The zero-order chi connectivity index (χ0) is 20.1. The minimum Gasteiger partial charge on any atom is -0.468 e. The van der Waals surface area contributed by atoms with E-state index in [0.29, 0.717) is 22.7 Å². The number of aromatic nitrogens is 2. The van der Waals surface area contributed by atoms with E-state index in [4.69, 9.17) is 4.42 Å². The number of benzene rings is 1. The Morgan fingerprint density at radius 1 is 1.25 bits per heavy atom. The molecule has 1 aromatic carbocycles. The summed E-state index contributed by atoms with van der Waals surface area (Å²) in [5.74, 6) is 0.753. The number of hydrazone groups is 1. The van der Waals surface area contributed by atoms with Crippen LogP contribution in [0.1, 0.15) is 23.9 Å². The molecule has 0 saturated carbocycles. The van der Waals surface area contributed by atoms with Gasteiger partial charge >= 0.3 is 0 Å². The van der Waals surface area contributed by atoms with Crippen molar-refractivity contribution in [1.82, 2.24) is 14.7 Å². The fourth-order valence-corrected chi connectivity index (χ4v) is 3.36. The van der Waals surface area contributed by atoms with Gasteiger partial charge in [0.1, 0.15) is 5.76 Å². The standard InChI is InChI=1S/C18H19N5O4S/c1-12-10-17(24)21-18(20-12)23-22-13(2)14-5-7-16(8-6-14)28(25,26)19-11-15-4-3-9-27-15/h3-10,19H,11H2,1-2H3,(H2,20,21,23,24)/b22-13-. The maximum absolute atomic E-state index is 12.3. The molecule has 2 heterocycles. The highest BCUT2D eigenvalue weighted by Gasteiger charge is 2.14. The summed E-state index contributed by atoms with van der Waals surface area (Å²) in [5, 5.41) is 4.17. The van der Waals surface area contributed by atoms with Crippen molar-refractivity contribution in [2.24, 2.45) is 5.10 Å². The van der Waals surface area contributed by atoms with E-state index in [1.54, 1.807) is 38.1 Å². The highest BCUT2D eigenvalue weighted by atomic mass is 32.2. The number of aromatic amines is 1. The molecule has 3 N–H and O–H groups in total. The summed E-state index contributed by atoms with van der Waals surface area (Å²) >= 11 is 0. The smallest absolute Gasteiger partial charge is 0.252 e. The molecular weight excluding hydrogens is 382 g/mol. The second kappa shape index (κ2) is 8.19. The molecule has 0 amide bonds. The number of aryl methyl sites for hydroxylation is 1. The van der Waals surface area contributed by atoms with E-state index in [9.17, 15) is 13.2 Å². The van der Waals surface area contributed by atoms with Crippen molar-refractivity contribution < 1.29 is 12.8 Å². The summed E-state index contributed by atoms with van der Waals surface area (Å²) in [6, 6.07) is 11.0. The van der Waals surface area contributed by atoms with Crippen molar-refractivity contribution >= 4 is 21.7 Å². The highest BCUT2D eigenvalue weighted by molar-refractivity contribution is 7.89.